The molecule has 0 saturated carbocycles. The summed E-state index contributed by atoms with van der Waals surface area (Å²) in [4.78, 5) is 8.21. The molecule has 0 aliphatic heterocycles. The zero-order valence-corrected chi connectivity index (χ0v) is 11.3. The van der Waals surface area contributed by atoms with Gasteiger partial charge >= 0.3 is 0 Å². The molecule has 20 heavy (non-hydrogen) atoms. The number of pyridine rings is 1. The van der Waals surface area contributed by atoms with Crippen LogP contribution in [0, 0.1) is 6.92 Å². The second kappa shape index (κ2) is 4.57. The van der Waals surface area contributed by atoms with E-state index in [4.69, 9.17) is 0 Å². The summed E-state index contributed by atoms with van der Waals surface area (Å²) in [6.07, 6.45) is 1.62. The first-order valence-electron chi connectivity index (χ1n) is 5.82. The third kappa shape index (κ3) is 2.21. The van der Waals surface area contributed by atoms with Crippen LogP contribution in [0.25, 0.3) is 10.9 Å². The van der Waals surface area contributed by atoms with E-state index in [-0.39, 0.29) is 10.8 Å². The lowest BCUT2D eigenvalue weighted by Gasteiger charge is -2.07. The molecule has 3 aromatic rings. The Kier molecular flexibility index (Phi) is 2.87. The molecule has 0 aliphatic rings. The Morgan fingerprint density at radius 2 is 2.05 bits per heavy atom. The number of hydrogen-bond donors (Lipinski definition) is 2. The van der Waals surface area contributed by atoms with Crippen molar-refractivity contribution >= 4 is 26.9 Å². The number of fused-ring (bicyclic) bond motifs is 1. The van der Waals surface area contributed by atoms with Crippen molar-refractivity contribution in [3.8, 4) is 0 Å². The lowest BCUT2D eigenvalue weighted by Crippen LogP contribution is -2.14. The van der Waals surface area contributed by atoms with E-state index in [9.17, 15) is 8.42 Å². The fraction of sp³-hybridized carbons (Fsp3) is 0.0833. The molecular weight excluding hydrogens is 278 g/mol. The number of nitrogens with zero attached hydrogens (tertiary/aromatic N) is 3. The van der Waals surface area contributed by atoms with Gasteiger partial charge < -0.3 is 0 Å². The van der Waals surface area contributed by atoms with Gasteiger partial charge in [0.05, 0.1) is 10.4 Å². The van der Waals surface area contributed by atoms with Crippen LogP contribution < -0.4 is 4.72 Å². The Labute approximate surface area is 115 Å². The molecule has 102 valence electrons. The van der Waals surface area contributed by atoms with E-state index in [2.05, 4.69) is 24.9 Å². The van der Waals surface area contributed by atoms with E-state index in [1.807, 2.05) is 0 Å². The van der Waals surface area contributed by atoms with Crippen LogP contribution in [0.3, 0.4) is 0 Å². The molecule has 0 aliphatic carbocycles. The Balaban J connectivity index is 2.09. The first-order valence-corrected chi connectivity index (χ1v) is 7.30. The topological polar surface area (TPSA) is 101 Å². The number of benzene rings is 1. The molecule has 7 nitrogen and oxygen atoms in total. The van der Waals surface area contributed by atoms with E-state index in [0.717, 1.165) is 0 Å². The third-order valence-corrected chi connectivity index (χ3v) is 4.10. The molecule has 8 heteroatoms. The van der Waals surface area contributed by atoms with Crippen molar-refractivity contribution in [1.29, 1.82) is 0 Å². The number of H-pyrrole nitrogens is 1. The van der Waals surface area contributed by atoms with Crippen molar-refractivity contribution < 1.29 is 8.42 Å². The predicted molar refractivity (Wildman–Crippen MR) is 73.7 cm³/mol. The van der Waals surface area contributed by atoms with E-state index >= 15 is 0 Å². The highest BCUT2D eigenvalue weighted by Gasteiger charge is 2.19. The maximum absolute atomic E-state index is 12.4. The first kappa shape index (κ1) is 12.5. The number of aryl methyl sites for hydroxylation is 1. The minimum absolute atomic E-state index is 0.0170. The molecule has 2 N–H and O–H groups in total. The predicted octanol–water partition coefficient (Wildman–Crippen LogP) is 1.46. The number of nitrogens with one attached hydrogen (secondary N) is 2. The highest BCUT2D eigenvalue weighted by molar-refractivity contribution is 7.93. The van der Waals surface area contributed by atoms with Crippen molar-refractivity contribution in [3.63, 3.8) is 0 Å². The zero-order valence-electron chi connectivity index (χ0n) is 10.5. The van der Waals surface area contributed by atoms with Gasteiger partial charge in [0.2, 0.25) is 0 Å². The number of anilines is 1. The van der Waals surface area contributed by atoms with Gasteiger partial charge in [-0.05, 0) is 31.2 Å². The molecule has 2 heterocycles. The van der Waals surface area contributed by atoms with Crippen LogP contribution in [0.1, 0.15) is 5.82 Å². The van der Waals surface area contributed by atoms with Crippen LogP contribution in [-0.2, 0) is 10.0 Å². The fourth-order valence-corrected chi connectivity index (χ4v) is 3.03. The quantitative estimate of drug-likeness (QED) is 0.760. The summed E-state index contributed by atoms with van der Waals surface area (Å²) in [7, 11) is -3.76. The van der Waals surface area contributed by atoms with E-state index in [1.165, 1.54) is 6.07 Å². The summed E-state index contributed by atoms with van der Waals surface area (Å²) in [5.74, 6) is 0.547. The SMILES string of the molecule is Cc1nc(NS(=O)(=O)c2cccc3ncccc23)n[nH]1. The van der Waals surface area contributed by atoms with E-state index in [0.29, 0.717) is 16.7 Å². The van der Waals surface area contributed by atoms with Gasteiger partial charge in [-0.3, -0.25) is 10.1 Å². The number of hydrogen-bond acceptors (Lipinski definition) is 5. The van der Waals surface area contributed by atoms with E-state index < -0.39 is 10.0 Å². The Bertz CT molecular complexity index is 867. The minimum Gasteiger partial charge on any atom is -0.261 e. The standard InChI is InChI=1S/C12H11N5O2S/c1-8-14-12(16-15-8)17-20(18,19)11-6-2-5-10-9(11)4-3-7-13-10/h2-7H,1H3,(H2,14,15,16,17). The zero-order chi connectivity index (χ0) is 14.2. The smallest absolute Gasteiger partial charge is 0.261 e. The molecular formula is C12H11N5O2S. The lowest BCUT2D eigenvalue weighted by atomic mass is 10.2. The normalized spacial score (nSPS) is 11.7. The summed E-state index contributed by atoms with van der Waals surface area (Å²) in [5.41, 5.74) is 0.613. The van der Waals surface area contributed by atoms with Crippen molar-refractivity contribution in [2.75, 3.05) is 4.72 Å². The molecule has 0 bridgehead atoms. The summed E-state index contributed by atoms with van der Waals surface area (Å²) in [6, 6.07) is 8.32. The molecule has 0 saturated heterocycles. The van der Waals surface area contributed by atoms with Crippen LogP contribution in [0.15, 0.2) is 41.4 Å². The maximum Gasteiger partial charge on any atom is 0.264 e. The largest absolute Gasteiger partial charge is 0.264 e. The number of aromatic amines is 1. The average Bonchev–Trinajstić information content (AvgIpc) is 2.82. The molecule has 1 aromatic carbocycles. The number of sulfonamides is 1. The van der Waals surface area contributed by atoms with Gasteiger partial charge in [0.25, 0.3) is 16.0 Å². The van der Waals surface area contributed by atoms with Crippen LogP contribution in [0.4, 0.5) is 5.95 Å². The van der Waals surface area contributed by atoms with E-state index in [1.54, 1.807) is 37.4 Å². The fourth-order valence-electron chi connectivity index (χ4n) is 1.87. The second-order valence-corrected chi connectivity index (χ2v) is 5.83. The van der Waals surface area contributed by atoms with Crippen molar-refractivity contribution in [2.24, 2.45) is 0 Å². The van der Waals surface area contributed by atoms with Gasteiger partial charge in [-0.15, -0.1) is 5.10 Å². The van der Waals surface area contributed by atoms with Crippen LogP contribution >= 0.6 is 0 Å². The molecule has 2 aromatic heterocycles. The van der Waals surface area contributed by atoms with Crippen LogP contribution in [0.2, 0.25) is 0 Å². The Morgan fingerprint density at radius 1 is 1.20 bits per heavy atom. The van der Waals surface area contributed by atoms with Crippen LogP contribution in [0.5, 0.6) is 0 Å². The summed E-state index contributed by atoms with van der Waals surface area (Å²) in [6.45, 7) is 1.69. The average molecular weight is 289 g/mol. The third-order valence-electron chi connectivity index (χ3n) is 2.72. The maximum atomic E-state index is 12.4. The van der Waals surface area contributed by atoms with Gasteiger partial charge in [-0.2, -0.15) is 4.98 Å². The first-order chi connectivity index (χ1) is 9.56. The molecule has 0 radical (unpaired) electrons. The molecule has 0 spiro atoms. The van der Waals surface area contributed by atoms with Gasteiger partial charge in [0.15, 0.2) is 0 Å². The Morgan fingerprint density at radius 3 is 2.80 bits per heavy atom. The number of rotatable bonds is 3. The molecule has 0 amide bonds. The van der Waals surface area contributed by atoms with Gasteiger partial charge in [0.1, 0.15) is 5.82 Å². The van der Waals surface area contributed by atoms with Crippen LogP contribution in [-0.4, -0.2) is 28.6 Å². The Hall–Kier alpha value is -2.48. The summed E-state index contributed by atoms with van der Waals surface area (Å²) in [5, 5.41) is 6.89. The van der Waals surface area contributed by atoms with Gasteiger partial charge in [-0.1, -0.05) is 6.07 Å². The molecule has 0 atom stereocenters. The molecule has 0 unspecified atom stereocenters. The highest BCUT2D eigenvalue weighted by Crippen LogP contribution is 2.22. The molecule has 3 rings (SSSR count). The monoisotopic (exact) mass is 289 g/mol. The lowest BCUT2D eigenvalue weighted by molar-refractivity contribution is 0.601. The van der Waals surface area contributed by atoms with Crippen molar-refractivity contribution in [1.82, 2.24) is 20.2 Å². The number of aromatic nitrogens is 4. The summed E-state index contributed by atoms with van der Waals surface area (Å²) < 4.78 is 27.1. The second-order valence-electron chi connectivity index (χ2n) is 4.18. The van der Waals surface area contributed by atoms with Crippen molar-refractivity contribution in [2.45, 2.75) is 11.8 Å². The van der Waals surface area contributed by atoms with Crippen molar-refractivity contribution in [3.05, 3.63) is 42.4 Å². The highest BCUT2D eigenvalue weighted by atomic mass is 32.2. The van der Waals surface area contributed by atoms with Gasteiger partial charge in [-0.25, -0.2) is 13.1 Å². The minimum atomic E-state index is -3.76. The van der Waals surface area contributed by atoms with Gasteiger partial charge in [0, 0.05) is 11.6 Å². The summed E-state index contributed by atoms with van der Waals surface area (Å²) >= 11 is 0. The molecule has 0 fully saturated rings.